The van der Waals surface area contributed by atoms with Gasteiger partial charge in [-0.1, -0.05) is 73.5 Å². The number of benzene rings is 1. The van der Waals surface area contributed by atoms with Gasteiger partial charge in [-0.2, -0.15) is 0 Å². The van der Waals surface area contributed by atoms with Crippen LogP contribution in [0.5, 0.6) is 0 Å². The van der Waals surface area contributed by atoms with E-state index >= 15 is 0 Å². The van der Waals surface area contributed by atoms with Crippen molar-refractivity contribution >= 4 is 15.9 Å². The van der Waals surface area contributed by atoms with E-state index in [-0.39, 0.29) is 0 Å². The Bertz CT molecular complexity index is 307. The van der Waals surface area contributed by atoms with Crippen LogP contribution in [0.15, 0.2) is 28.7 Å². The number of unbranched alkanes of at least 4 members (excludes halogenated alkanes) is 5. The van der Waals surface area contributed by atoms with Crippen molar-refractivity contribution in [3.8, 4) is 0 Å². The molecule has 0 fully saturated rings. The summed E-state index contributed by atoms with van der Waals surface area (Å²) in [6.07, 6.45) is 9.45. The maximum atomic E-state index is 3.48. The van der Waals surface area contributed by atoms with Crippen molar-refractivity contribution in [3.05, 3.63) is 34.3 Å². The van der Waals surface area contributed by atoms with Crippen LogP contribution in [0, 0.1) is 0 Å². The van der Waals surface area contributed by atoms with Crippen LogP contribution in [0.2, 0.25) is 0 Å². The highest BCUT2D eigenvalue weighted by atomic mass is 79.9. The Kier molecular flexibility index (Phi) is 8.36. The standard InChI is InChI=1S/C16H26BrN/c1-3-4-5-6-7-8-9-16(18-2)14-10-12-15(17)13-11-14/h10-13,16,18H,3-9H2,1-2H3. The number of hydrogen-bond acceptors (Lipinski definition) is 1. The van der Waals surface area contributed by atoms with Crippen molar-refractivity contribution in [2.75, 3.05) is 7.05 Å². The Labute approximate surface area is 120 Å². The number of rotatable bonds is 9. The van der Waals surface area contributed by atoms with Gasteiger partial charge in [-0.15, -0.1) is 0 Å². The first-order valence-corrected chi connectivity index (χ1v) is 8.00. The molecule has 0 aliphatic carbocycles. The summed E-state index contributed by atoms with van der Waals surface area (Å²) in [6.45, 7) is 2.27. The van der Waals surface area contributed by atoms with Crippen LogP contribution < -0.4 is 5.32 Å². The normalized spacial score (nSPS) is 12.6. The van der Waals surface area contributed by atoms with Crippen LogP contribution in [-0.2, 0) is 0 Å². The Hall–Kier alpha value is -0.340. The Balaban J connectivity index is 2.27. The monoisotopic (exact) mass is 311 g/mol. The van der Waals surface area contributed by atoms with E-state index in [2.05, 4.69) is 59.5 Å². The summed E-state index contributed by atoms with van der Waals surface area (Å²) >= 11 is 3.48. The molecule has 0 aromatic heterocycles. The van der Waals surface area contributed by atoms with Gasteiger partial charge in [0.05, 0.1) is 0 Å². The molecule has 18 heavy (non-hydrogen) atoms. The van der Waals surface area contributed by atoms with Crippen LogP contribution in [0.4, 0.5) is 0 Å². The van der Waals surface area contributed by atoms with Crippen molar-refractivity contribution in [3.63, 3.8) is 0 Å². The number of halogens is 1. The van der Waals surface area contributed by atoms with Crippen LogP contribution >= 0.6 is 15.9 Å². The molecule has 0 spiro atoms. The minimum Gasteiger partial charge on any atom is -0.313 e. The Morgan fingerprint density at radius 1 is 1.00 bits per heavy atom. The zero-order chi connectivity index (χ0) is 13.2. The first-order valence-electron chi connectivity index (χ1n) is 7.20. The van der Waals surface area contributed by atoms with Crippen LogP contribution in [0.3, 0.4) is 0 Å². The van der Waals surface area contributed by atoms with Crippen molar-refractivity contribution in [1.29, 1.82) is 0 Å². The highest BCUT2D eigenvalue weighted by molar-refractivity contribution is 9.10. The van der Waals surface area contributed by atoms with Gasteiger partial charge in [-0.3, -0.25) is 0 Å². The van der Waals surface area contributed by atoms with Gasteiger partial charge in [-0.05, 0) is 31.2 Å². The molecule has 1 rings (SSSR count). The molecule has 1 atom stereocenters. The highest BCUT2D eigenvalue weighted by Gasteiger charge is 2.08. The topological polar surface area (TPSA) is 12.0 Å². The molecule has 0 heterocycles. The van der Waals surface area contributed by atoms with Crippen molar-refractivity contribution in [2.45, 2.75) is 57.9 Å². The lowest BCUT2D eigenvalue weighted by atomic mass is 10.00. The minimum atomic E-state index is 0.504. The van der Waals surface area contributed by atoms with Crippen molar-refractivity contribution < 1.29 is 0 Å². The predicted molar refractivity (Wildman–Crippen MR) is 83.9 cm³/mol. The van der Waals surface area contributed by atoms with Gasteiger partial charge in [0, 0.05) is 10.5 Å². The lowest BCUT2D eigenvalue weighted by Crippen LogP contribution is -2.16. The van der Waals surface area contributed by atoms with Gasteiger partial charge in [-0.25, -0.2) is 0 Å². The van der Waals surface area contributed by atoms with E-state index < -0.39 is 0 Å². The smallest absolute Gasteiger partial charge is 0.0317 e. The molecule has 0 aliphatic rings. The molecule has 0 bridgehead atoms. The van der Waals surface area contributed by atoms with Crippen LogP contribution in [-0.4, -0.2) is 7.05 Å². The second-order valence-electron chi connectivity index (χ2n) is 4.95. The van der Waals surface area contributed by atoms with Gasteiger partial charge < -0.3 is 5.32 Å². The Morgan fingerprint density at radius 3 is 2.22 bits per heavy atom. The van der Waals surface area contributed by atoms with E-state index in [1.807, 2.05) is 0 Å². The fourth-order valence-corrected chi connectivity index (χ4v) is 2.57. The maximum absolute atomic E-state index is 3.48. The largest absolute Gasteiger partial charge is 0.313 e. The van der Waals surface area contributed by atoms with E-state index in [1.54, 1.807) is 0 Å². The quantitative estimate of drug-likeness (QED) is 0.597. The van der Waals surface area contributed by atoms with Gasteiger partial charge >= 0.3 is 0 Å². The van der Waals surface area contributed by atoms with E-state index in [4.69, 9.17) is 0 Å². The molecule has 0 aliphatic heterocycles. The molecular formula is C16H26BrN. The fraction of sp³-hybridized carbons (Fsp3) is 0.625. The van der Waals surface area contributed by atoms with E-state index in [1.165, 1.54) is 50.5 Å². The van der Waals surface area contributed by atoms with E-state index in [0.717, 1.165) is 4.47 Å². The summed E-state index contributed by atoms with van der Waals surface area (Å²) in [5.41, 5.74) is 1.40. The molecular weight excluding hydrogens is 286 g/mol. The molecule has 1 aromatic rings. The SMILES string of the molecule is CCCCCCCCC(NC)c1ccc(Br)cc1. The summed E-state index contributed by atoms with van der Waals surface area (Å²) in [5, 5.41) is 3.42. The minimum absolute atomic E-state index is 0.504. The third-order valence-corrected chi connectivity index (χ3v) is 4.00. The van der Waals surface area contributed by atoms with Crippen LogP contribution in [0.25, 0.3) is 0 Å². The van der Waals surface area contributed by atoms with Gasteiger partial charge in [0.1, 0.15) is 0 Å². The lowest BCUT2D eigenvalue weighted by Gasteiger charge is -2.16. The summed E-state index contributed by atoms with van der Waals surface area (Å²) in [7, 11) is 2.06. The number of hydrogen-bond donors (Lipinski definition) is 1. The van der Waals surface area contributed by atoms with Crippen molar-refractivity contribution in [2.24, 2.45) is 0 Å². The van der Waals surface area contributed by atoms with Gasteiger partial charge in [0.2, 0.25) is 0 Å². The molecule has 0 saturated carbocycles. The molecule has 1 unspecified atom stereocenters. The third-order valence-electron chi connectivity index (χ3n) is 3.47. The third kappa shape index (κ3) is 6.01. The van der Waals surface area contributed by atoms with Gasteiger partial charge in [0.15, 0.2) is 0 Å². The molecule has 0 amide bonds. The molecule has 102 valence electrons. The lowest BCUT2D eigenvalue weighted by molar-refractivity contribution is 0.498. The van der Waals surface area contributed by atoms with E-state index in [9.17, 15) is 0 Å². The molecule has 0 saturated heterocycles. The summed E-state index contributed by atoms with van der Waals surface area (Å²) in [5.74, 6) is 0. The first-order chi connectivity index (χ1) is 8.77. The fourth-order valence-electron chi connectivity index (χ4n) is 2.30. The second-order valence-corrected chi connectivity index (χ2v) is 5.86. The average molecular weight is 312 g/mol. The second kappa shape index (κ2) is 9.57. The van der Waals surface area contributed by atoms with Crippen molar-refractivity contribution in [1.82, 2.24) is 5.32 Å². The highest BCUT2D eigenvalue weighted by Crippen LogP contribution is 2.22. The zero-order valence-electron chi connectivity index (χ0n) is 11.7. The summed E-state index contributed by atoms with van der Waals surface area (Å²) in [6, 6.07) is 9.18. The molecule has 0 radical (unpaired) electrons. The number of nitrogens with one attached hydrogen (secondary N) is 1. The predicted octanol–water partition coefficient (Wildman–Crippen LogP) is 5.46. The summed E-state index contributed by atoms with van der Waals surface area (Å²) in [4.78, 5) is 0. The molecule has 2 heteroatoms. The first kappa shape index (κ1) is 15.7. The summed E-state index contributed by atoms with van der Waals surface area (Å²) < 4.78 is 1.15. The molecule has 1 N–H and O–H groups in total. The Morgan fingerprint density at radius 2 is 1.61 bits per heavy atom. The van der Waals surface area contributed by atoms with Gasteiger partial charge in [0.25, 0.3) is 0 Å². The zero-order valence-corrected chi connectivity index (χ0v) is 13.3. The maximum Gasteiger partial charge on any atom is 0.0317 e. The molecule has 1 nitrogen and oxygen atoms in total. The molecule has 1 aromatic carbocycles. The van der Waals surface area contributed by atoms with E-state index in [0.29, 0.717) is 6.04 Å². The van der Waals surface area contributed by atoms with Crippen LogP contribution in [0.1, 0.15) is 63.5 Å². The average Bonchev–Trinajstić information content (AvgIpc) is 2.39.